The van der Waals surface area contributed by atoms with Gasteiger partial charge in [-0.15, -0.1) is 0 Å². The Hall–Kier alpha value is -1.29. The van der Waals surface area contributed by atoms with Crippen molar-refractivity contribution in [3.8, 4) is 0 Å². The Morgan fingerprint density at radius 2 is 2.43 bits per heavy atom. The standard InChI is InChI=1S/C9H11ClN2O2/c1-6(9(13)14-2)12-8-3-4-11-5-7(8)10/h3-6H,1-2H3,(H,11,12). The molecule has 0 aromatic carbocycles. The molecule has 0 aliphatic carbocycles. The summed E-state index contributed by atoms with van der Waals surface area (Å²) in [4.78, 5) is 14.9. The van der Waals surface area contributed by atoms with Gasteiger partial charge in [-0.1, -0.05) is 11.6 Å². The number of anilines is 1. The molecular weight excluding hydrogens is 204 g/mol. The van der Waals surface area contributed by atoms with Crippen LogP contribution in [0.5, 0.6) is 0 Å². The summed E-state index contributed by atoms with van der Waals surface area (Å²) >= 11 is 5.84. The lowest BCUT2D eigenvalue weighted by molar-refractivity contribution is -0.141. The molecule has 0 fully saturated rings. The summed E-state index contributed by atoms with van der Waals surface area (Å²) in [5.41, 5.74) is 0.666. The number of nitrogens with one attached hydrogen (secondary N) is 1. The quantitative estimate of drug-likeness (QED) is 0.779. The second kappa shape index (κ2) is 4.81. The number of carbonyl (C=O) groups is 1. The molecule has 1 rings (SSSR count). The number of aromatic nitrogens is 1. The zero-order valence-corrected chi connectivity index (χ0v) is 8.71. The number of ether oxygens (including phenoxy) is 1. The highest BCUT2D eigenvalue weighted by Crippen LogP contribution is 2.19. The summed E-state index contributed by atoms with van der Waals surface area (Å²) in [6.07, 6.45) is 3.10. The lowest BCUT2D eigenvalue weighted by Gasteiger charge is -2.13. The second-order valence-electron chi connectivity index (χ2n) is 2.74. The first-order valence-corrected chi connectivity index (χ1v) is 4.47. The molecule has 1 aromatic heterocycles. The van der Waals surface area contributed by atoms with E-state index in [-0.39, 0.29) is 5.97 Å². The minimum Gasteiger partial charge on any atom is -0.467 e. The van der Waals surface area contributed by atoms with Crippen molar-refractivity contribution in [1.82, 2.24) is 4.98 Å². The number of hydrogen-bond acceptors (Lipinski definition) is 4. The maximum atomic E-state index is 11.1. The van der Waals surface area contributed by atoms with Gasteiger partial charge in [0.05, 0.1) is 17.8 Å². The van der Waals surface area contributed by atoms with E-state index < -0.39 is 6.04 Å². The normalized spacial score (nSPS) is 11.9. The first kappa shape index (κ1) is 10.8. The van der Waals surface area contributed by atoms with Crippen molar-refractivity contribution in [1.29, 1.82) is 0 Å². The van der Waals surface area contributed by atoms with Crippen LogP contribution in [0, 0.1) is 0 Å². The first-order chi connectivity index (χ1) is 6.65. The lowest BCUT2D eigenvalue weighted by atomic mass is 10.3. The summed E-state index contributed by atoms with van der Waals surface area (Å²) in [7, 11) is 1.34. The topological polar surface area (TPSA) is 51.2 Å². The van der Waals surface area contributed by atoms with Gasteiger partial charge in [-0.2, -0.15) is 0 Å². The van der Waals surface area contributed by atoms with Crippen LogP contribution in [0.3, 0.4) is 0 Å². The Morgan fingerprint density at radius 1 is 1.71 bits per heavy atom. The Morgan fingerprint density at radius 3 is 3.00 bits per heavy atom. The highest BCUT2D eigenvalue weighted by molar-refractivity contribution is 6.33. The van der Waals surface area contributed by atoms with Crippen LogP contribution in [-0.2, 0) is 9.53 Å². The van der Waals surface area contributed by atoms with Crippen molar-refractivity contribution in [3.05, 3.63) is 23.5 Å². The number of halogens is 1. The molecule has 1 atom stereocenters. The number of methoxy groups -OCH3 is 1. The van der Waals surface area contributed by atoms with E-state index in [0.29, 0.717) is 10.7 Å². The maximum Gasteiger partial charge on any atom is 0.327 e. The number of esters is 1. The third-order valence-electron chi connectivity index (χ3n) is 1.70. The predicted octanol–water partition coefficient (Wildman–Crippen LogP) is 1.71. The van der Waals surface area contributed by atoms with E-state index in [4.69, 9.17) is 11.6 Å². The molecule has 0 aliphatic heterocycles. The van der Waals surface area contributed by atoms with Crippen molar-refractivity contribution in [2.24, 2.45) is 0 Å². The SMILES string of the molecule is COC(=O)C(C)Nc1ccncc1Cl. The third kappa shape index (κ3) is 2.60. The smallest absolute Gasteiger partial charge is 0.327 e. The Balaban J connectivity index is 2.69. The molecule has 76 valence electrons. The lowest BCUT2D eigenvalue weighted by Crippen LogP contribution is -2.27. The van der Waals surface area contributed by atoms with E-state index in [2.05, 4.69) is 15.0 Å². The number of hydrogen-bond donors (Lipinski definition) is 1. The Bertz CT molecular complexity index is 330. The summed E-state index contributed by atoms with van der Waals surface area (Å²) in [6, 6.07) is 1.27. The molecular formula is C9H11ClN2O2. The first-order valence-electron chi connectivity index (χ1n) is 4.09. The molecule has 0 saturated carbocycles. The molecule has 1 unspecified atom stereocenters. The van der Waals surface area contributed by atoms with Crippen LogP contribution in [0.15, 0.2) is 18.5 Å². The summed E-state index contributed by atoms with van der Waals surface area (Å²) in [6.45, 7) is 1.70. The second-order valence-corrected chi connectivity index (χ2v) is 3.15. The van der Waals surface area contributed by atoms with Gasteiger partial charge in [0.25, 0.3) is 0 Å². The van der Waals surface area contributed by atoms with Crippen LogP contribution in [0.25, 0.3) is 0 Å². The fourth-order valence-electron chi connectivity index (χ4n) is 0.961. The molecule has 0 saturated heterocycles. The van der Waals surface area contributed by atoms with E-state index in [1.807, 2.05) is 0 Å². The van der Waals surface area contributed by atoms with Crippen LogP contribution >= 0.6 is 11.6 Å². The predicted molar refractivity (Wildman–Crippen MR) is 54.3 cm³/mol. The van der Waals surface area contributed by atoms with E-state index in [9.17, 15) is 4.79 Å². The monoisotopic (exact) mass is 214 g/mol. The zero-order valence-electron chi connectivity index (χ0n) is 7.95. The van der Waals surface area contributed by atoms with E-state index >= 15 is 0 Å². The number of nitrogens with zero attached hydrogens (tertiary/aromatic N) is 1. The molecule has 0 amide bonds. The summed E-state index contributed by atoms with van der Waals surface area (Å²) < 4.78 is 4.56. The van der Waals surface area contributed by atoms with Crippen molar-refractivity contribution < 1.29 is 9.53 Å². The van der Waals surface area contributed by atoms with Crippen molar-refractivity contribution >= 4 is 23.3 Å². The molecule has 4 nitrogen and oxygen atoms in total. The van der Waals surface area contributed by atoms with Gasteiger partial charge in [0.1, 0.15) is 6.04 Å². The number of carbonyl (C=O) groups excluding carboxylic acids is 1. The molecule has 0 aliphatic rings. The van der Waals surface area contributed by atoms with Crippen molar-refractivity contribution in [3.63, 3.8) is 0 Å². The van der Waals surface area contributed by atoms with Gasteiger partial charge in [0.15, 0.2) is 0 Å². The van der Waals surface area contributed by atoms with Crippen LogP contribution in [0.1, 0.15) is 6.92 Å². The number of rotatable bonds is 3. The third-order valence-corrected chi connectivity index (χ3v) is 2.00. The van der Waals surface area contributed by atoms with Crippen LogP contribution in [0.4, 0.5) is 5.69 Å². The minimum absolute atomic E-state index is 0.335. The van der Waals surface area contributed by atoms with Gasteiger partial charge in [-0.25, -0.2) is 4.79 Å². The van der Waals surface area contributed by atoms with Gasteiger partial charge in [-0.3, -0.25) is 4.98 Å². The van der Waals surface area contributed by atoms with Crippen LogP contribution in [0.2, 0.25) is 5.02 Å². The summed E-state index contributed by atoms with van der Waals surface area (Å²) in [5, 5.41) is 3.39. The fourth-order valence-corrected chi connectivity index (χ4v) is 1.14. The molecule has 5 heteroatoms. The van der Waals surface area contributed by atoms with Gasteiger partial charge in [-0.05, 0) is 13.0 Å². The van der Waals surface area contributed by atoms with Crippen LogP contribution < -0.4 is 5.32 Å². The average molecular weight is 215 g/mol. The van der Waals surface area contributed by atoms with E-state index in [1.165, 1.54) is 13.3 Å². The van der Waals surface area contributed by atoms with Gasteiger partial charge in [0.2, 0.25) is 0 Å². The molecule has 1 aromatic rings. The Labute approximate surface area is 87.2 Å². The largest absolute Gasteiger partial charge is 0.467 e. The zero-order chi connectivity index (χ0) is 10.6. The maximum absolute atomic E-state index is 11.1. The minimum atomic E-state index is -0.431. The van der Waals surface area contributed by atoms with Crippen LogP contribution in [-0.4, -0.2) is 24.1 Å². The van der Waals surface area contributed by atoms with E-state index in [1.54, 1.807) is 19.2 Å². The van der Waals surface area contributed by atoms with Gasteiger partial charge < -0.3 is 10.1 Å². The Kier molecular flexibility index (Phi) is 3.71. The molecule has 1 N–H and O–H groups in total. The average Bonchev–Trinajstić information content (AvgIpc) is 2.20. The molecule has 0 bridgehead atoms. The molecule has 0 radical (unpaired) electrons. The highest BCUT2D eigenvalue weighted by Gasteiger charge is 2.13. The molecule has 0 spiro atoms. The van der Waals surface area contributed by atoms with Gasteiger partial charge in [0, 0.05) is 12.4 Å². The van der Waals surface area contributed by atoms with Crippen molar-refractivity contribution in [2.75, 3.05) is 12.4 Å². The fraction of sp³-hybridized carbons (Fsp3) is 0.333. The highest BCUT2D eigenvalue weighted by atomic mass is 35.5. The summed E-state index contributed by atoms with van der Waals surface area (Å²) in [5.74, 6) is -0.335. The number of pyridine rings is 1. The van der Waals surface area contributed by atoms with Crippen molar-refractivity contribution in [2.45, 2.75) is 13.0 Å². The van der Waals surface area contributed by atoms with E-state index in [0.717, 1.165) is 0 Å². The molecule has 1 heterocycles. The molecule has 14 heavy (non-hydrogen) atoms. The van der Waals surface area contributed by atoms with Gasteiger partial charge >= 0.3 is 5.97 Å².